The molecule has 4 nitrogen and oxygen atoms in total. The number of hydrogen-bond donors (Lipinski definition) is 0. The van der Waals surface area contributed by atoms with Gasteiger partial charge in [-0.05, 0) is 20.3 Å². The summed E-state index contributed by atoms with van der Waals surface area (Å²) in [6.45, 7) is 6.41. The molecule has 2 heterocycles. The van der Waals surface area contributed by atoms with Crippen LogP contribution in [0.2, 0.25) is 0 Å². The highest BCUT2D eigenvalue weighted by Crippen LogP contribution is 2.34. The van der Waals surface area contributed by atoms with Gasteiger partial charge in [0.25, 0.3) is 0 Å². The van der Waals surface area contributed by atoms with Crippen LogP contribution in [0.5, 0.6) is 0 Å². The average Bonchev–Trinajstić information content (AvgIpc) is 2.06. The molecule has 2 saturated heterocycles. The van der Waals surface area contributed by atoms with E-state index in [0.29, 0.717) is 13.2 Å². The third-order valence-corrected chi connectivity index (χ3v) is 3.21. The maximum Gasteiger partial charge on any atom is 0.320 e. The fourth-order valence-electron chi connectivity index (χ4n) is 2.37. The van der Waals surface area contributed by atoms with E-state index < -0.39 is 0 Å². The van der Waals surface area contributed by atoms with Gasteiger partial charge in [0.1, 0.15) is 0 Å². The summed E-state index contributed by atoms with van der Waals surface area (Å²) in [7, 11) is 1.87. The highest BCUT2D eigenvalue weighted by Gasteiger charge is 2.50. The summed E-state index contributed by atoms with van der Waals surface area (Å²) < 4.78 is 5.27. The molecule has 0 saturated carbocycles. The van der Waals surface area contributed by atoms with E-state index in [2.05, 4.69) is 13.8 Å². The van der Waals surface area contributed by atoms with Gasteiger partial charge >= 0.3 is 6.03 Å². The van der Waals surface area contributed by atoms with Crippen LogP contribution in [0, 0.1) is 0 Å². The topological polar surface area (TPSA) is 32.8 Å². The van der Waals surface area contributed by atoms with E-state index in [0.717, 1.165) is 13.0 Å². The highest BCUT2D eigenvalue weighted by atomic mass is 16.5. The van der Waals surface area contributed by atoms with E-state index in [1.165, 1.54) is 0 Å². The summed E-state index contributed by atoms with van der Waals surface area (Å²) in [5.41, 5.74) is 0.0117. The molecular formula is C10H18N2O2. The predicted octanol–water partition coefficient (Wildman–Crippen LogP) is 0.921. The molecule has 0 radical (unpaired) electrons. The van der Waals surface area contributed by atoms with Crippen molar-refractivity contribution in [1.82, 2.24) is 9.80 Å². The monoisotopic (exact) mass is 198 g/mol. The van der Waals surface area contributed by atoms with E-state index in [4.69, 9.17) is 4.74 Å². The van der Waals surface area contributed by atoms with Crippen molar-refractivity contribution in [3.05, 3.63) is 0 Å². The third-order valence-electron chi connectivity index (χ3n) is 3.21. The molecule has 0 aliphatic carbocycles. The van der Waals surface area contributed by atoms with Crippen molar-refractivity contribution in [2.24, 2.45) is 0 Å². The van der Waals surface area contributed by atoms with Crippen LogP contribution in [0.25, 0.3) is 0 Å². The summed E-state index contributed by atoms with van der Waals surface area (Å²) in [5.74, 6) is 0. The fourth-order valence-corrected chi connectivity index (χ4v) is 2.37. The SMILES string of the molecule is CC(C)N1C(=O)N(C)CCC12COC2. The lowest BCUT2D eigenvalue weighted by Crippen LogP contribution is -2.71. The van der Waals surface area contributed by atoms with Gasteiger partial charge in [0.15, 0.2) is 0 Å². The quantitative estimate of drug-likeness (QED) is 0.627. The summed E-state index contributed by atoms with van der Waals surface area (Å²) in [6, 6.07) is 0.406. The second-order valence-electron chi connectivity index (χ2n) is 4.64. The molecule has 0 bridgehead atoms. The van der Waals surface area contributed by atoms with Crippen molar-refractivity contribution in [3.63, 3.8) is 0 Å². The Morgan fingerprint density at radius 1 is 1.43 bits per heavy atom. The third kappa shape index (κ3) is 1.21. The maximum atomic E-state index is 12.0. The smallest absolute Gasteiger partial charge is 0.320 e. The molecule has 2 amide bonds. The van der Waals surface area contributed by atoms with Gasteiger partial charge in [0, 0.05) is 19.6 Å². The van der Waals surface area contributed by atoms with E-state index >= 15 is 0 Å². The van der Waals surface area contributed by atoms with Crippen LogP contribution in [0.1, 0.15) is 20.3 Å². The van der Waals surface area contributed by atoms with Crippen LogP contribution in [0.3, 0.4) is 0 Å². The van der Waals surface area contributed by atoms with Gasteiger partial charge in [-0.1, -0.05) is 0 Å². The van der Waals surface area contributed by atoms with Gasteiger partial charge in [0.2, 0.25) is 0 Å². The van der Waals surface area contributed by atoms with Gasteiger partial charge < -0.3 is 14.5 Å². The lowest BCUT2D eigenvalue weighted by molar-refractivity contribution is -0.150. The first-order valence-corrected chi connectivity index (χ1v) is 5.19. The zero-order chi connectivity index (χ0) is 10.3. The van der Waals surface area contributed by atoms with Crippen LogP contribution in [-0.4, -0.2) is 54.2 Å². The molecule has 0 N–H and O–H groups in total. The molecule has 2 aliphatic heterocycles. The fraction of sp³-hybridized carbons (Fsp3) is 0.900. The average molecular weight is 198 g/mol. The Morgan fingerprint density at radius 2 is 2.07 bits per heavy atom. The van der Waals surface area contributed by atoms with Crippen LogP contribution in [0.15, 0.2) is 0 Å². The molecule has 2 fully saturated rings. The molecule has 0 atom stereocenters. The molecule has 80 valence electrons. The van der Waals surface area contributed by atoms with Crippen LogP contribution >= 0.6 is 0 Å². The van der Waals surface area contributed by atoms with Gasteiger partial charge in [-0.2, -0.15) is 0 Å². The van der Waals surface area contributed by atoms with Gasteiger partial charge in [-0.15, -0.1) is 0 Å². The van der Waals surface area contributed by atoms with E-state index in [1.807, 2.05) is 11.9 Å². The first-order valence-electron chi connectivity index (χ1n) is 5.19. The number of hydrogen-bond acceptors (Lipinski definition) is 2. The Balaban J connectivity index is 2.22. The lowest BCUT2D eigenvalue weighted by Gasteiger charge is -2.55. The normalized spacial score (nSPS) is 25.9. The molecule has 2 aliphatic rings. The summed E-state index contributed by atoms with van der Waals surface area (Å²) >= 11 is 0. The van der Waals surface area contributed by atoms with Crippen molar-refractivity contribution in [1.29, 1.82) is 0 Å². The summed E-state index contributed by atoms with van der Waals surface area (Å²) in [5, 5.41) is 0. The molecule has 0 aromatic heterocycles. The molecule has 4 heteroatoms. The van der Waals surface area contributed by atoms with E-state index in [-0.39, 0.29) is 17.6 Å². The summed E-state index contributed by atoms with van der Waals surface area (Å²) in [4.78, 5) is 15.8. The van der Waals surface area contributed by atoms with Crippen LogP contribution in [-0.2, 0) is 4.74 Å². The first-order chi connectivity index (χ1) is 6.57. The Morgan fingerprint density at radius 3 is 2.50 bits per heavy atom. The van der Waals surface area contributed by atoms with E-state index in [9.17, 15) is 4.79 Å². The van der Waals surface area contributed by atoms with Crippen molar-refractivity contribution in [2.75, 3.05) is 26.8 Å². The number of nitrogens with zero attached hydrogens (tertiary/aromatic N) is 2. The minimum absolute atomic E-state index is 0.0117. The van der Waals surface area contributed by atoms with Gasteiger partial charge in [0.05, 0.1) is 18.8 Å². The number of amides is 2. The standard InChI is InChI=1S/C10H18N2O2/c1-8(2)12-9(13)11(3)5-4-10(12)6-14-7-10/h8H,4-7H2,1-3H3. The number of urea groups is 1. The molecule has 0 aromatic carbocycles. The predicted molar refractivity (Wildman–Crippen MR) is 53.2 cm³/mol. The highest BCUT2D eigenvalue weighted by molar-refractivity contribution is 5.76. The molecule has 0 unspecified atom stereocenters. The minimum atomic E-state index is 0.0117. The van der Waals surface area contributed by atoms with Crippen LogP contribution < -0.4 is 0 Å². The van der Waals surface area contributed by atoms with Crippen LogP contribution in [0.4, 0.5) is 4.79 Å². The first kappa shape index (κ1) is 9.77. The van der Waals surface area contributed by atoms with Crippen molar-refractivity contribution >= 4 is 6.03 Å². The van der Waals surface area contributed by atoms with Crippen molar-refractivity contribution in [2.45, 2.75) is 31.8 Å². The van der Waals surface area contributed by atoms with Gasteiger partial charge in [-0.25, -0.2) is 4.79 Å². The Hall–Kier alpha value is -0.770. The number of carbonyl (C=O) groups excluding carboxylic acids is 1. The maximum absolute atomic E-state index is 12.0. The number of rotatable bonds is 1. The molecule has 14 heavy (non-hydrogen) atoms. The molecule has 0 aromatic rings. The lowest BCUT2D eigenvalue weighted by atomic mass is 9.87. The Bertz CT molecular complexity index is 249. The number of carbonyl (C=O) groups is 1. The second-order valence-corrected chi connectivity index (χ2v) is 4.64. The second kappa shape index (κ2) is 3.12. The molecular weight excluding hydrogens is 180 g/mol. The van der Waals surface area contributed by atoms with Gasteiger partial charge in [-0.3, -0.25) is 0 Å². The number of ether oxygens (including phenoxy) is 1. The molecule has 2 rings (SSSR count). The van der Waals surface area contributed by atoms with Crippen molar-refractivity contribution < 1.29 is 9.53 Å². The summed E-state index contributed by atoms with van der Waals surface area (Å²) in [6.07, 6.45) is 1.04. The van der Waals surface area contributed by atoms with Crippen molar-refractivity contribution in [3.8, 4) is 0 Å². The molecule has 1 spiro atoms. The van der Waals surface area contributed by atoms with E-state index in [1.54, 1.807) is 4.90 Å². The Kier molecular flexibility index (Phi) is 2.18. The largest absolute Gasteiger partial charge is 0.376 e. The Labute approximate surface area is 84.8 Å². The zero-order valence-corrected chi connectivity index (χ0v) is 9.12. The zero-order valence-electron chi connectivity index (χ0n) is 9.12. The minimum Gasteiger partial charge on any atom is -0.376 e.